The third-order valence-corrected chi connectivity index (χ3v) is 4.80. The lowest BCUT2D eigenvalue weighted by atomic mass is 9.98. The van der Waals surface area contributed by atoms with Gasteiger partial charge in [-0.2, -0.15) is 0 Å². The van der Waals surface area contributed by atoms with Crippen LogP contribution in [0.15, 0.2) is 65.7 Å². The molecule has 0 spiro atoms. The van der Waals surface area contributed by atoms with E-state index in [0.717, 1.165) is 36.2 Å². The first kappa shape index (κ1) is 18.7. The van der Waals surface area contributed by atoms with Gasteiger partial charge in [-0.1, -0.05) is 50.2 Å². The molecular weight excluding hydrogens is 332 g/mol. The fourth-order valence-corrected chi connectivity index (χ4v) is 3.20. The topological polar surface area (TPSA) is 58.6 Å². The van der Waals surface area contributed by atoms with Crippen LogP contribution in [0.2, 0.25) is 0 Å². The second-order valence-electron chi connectivity index (χ2n) is 6.70. The van der Waals surface area contributed by atoms with E-state index in [1.54, 1.807) is 18.3 Å². The summed E-state index contributed by atoms with van der Waals surface area (Å²) in [6.45, 7) is 4.26. The van der Waals surface area contributed by atoms with Crippen molar-refractivity contribution in [1.82, 2.24) is 0 Å². The number of nitrogen functional groups attached to an aromatic ring is 1. The predicted octanol–water partition coefficient (Wildman–Crippen LogP) is 5.44. The Labute approximate surface area is 161 Å². The van der Waals surface area contributed by atoms with Crippen molar-refractivity contribution in [2.75, 3.05) is 5.73 Å². The zero-order valence-corrected chi connectivity index (χ0v) is 15.9. The van der Waals surface area contributed by atoms with Crippen LogP contribution in [0.3, 0.4) is 0 Å². The maximum Gasteiger partial charge on any atom is 0.124 e. The van der Waals surface area contributed by atoms with Gasteiger partial charge in [-0.3, -0.25) is 4.99 Å². The van der Waals surface area contributed by atoms with Crippen LogP contribution in [0.4, 0.5) is 11.4 Å². The van der Waals surface area contributed by atoms with Gasteiger partial charge in [0.05, 0.1) is 5.69 Å². The second kappa shape index (κ2) is 8.54. The molecule has 3 rings (SSSR count). The summed E-state index contributed by atoms with van der Waals surface area (Å²) in [4.78, 5) is 4.59. The monoisotopic (exact) mass is 358 g/mol. The van der Waals surface area contributed by atoms with Gasteiger partial charge in [0, 0.05) is 17.5 Å². The molecule has 0 heterocycles. The van der Waals surface area contributed by atoms with Crippen molar-refractivity contribution in [2.45, 2.75) is 33.1 Å². The molecule has 3 heteroatoms. The van der Waals surface area contributed by atoms with Crippen LogP contribution in [0.5, 0.6) is 5.75 Å². The molecule has 0 saturated heterocycles. The minimum absolute atomic E-state index is 0.242. The van der Waals surface area contributed by atoms with Crippen molar-refractivity contribution >= 4 is 17.6 Å². The Bertz CT molecular complexity index is 960. The van der Waals surface area contributed by atoms with Crippen LogP contribution in [0.1, 0.15) is 41.7 Å². The number of phenolic OH excluding ortho intramolecular Hbond substituents is 1. The normalized spacial score (nSPS) is 11.2. The Hall–Kier alpha value is -3.07. The van der Waals surface area contributed by atoms with Crippen molar-refractivity contribution in [3.63, 3.8) is 0 Å². The van der Waals surface area contributed by atoms with E-state index in [9.17, 15) is 5.11 Å². The number of hydrogen-bond donors (Lipinski definition) is 2. The average molecular weight is 358 g/mol. The van der Waals surface area contributed by atoms with E-state index < -0.39 is 0 Å². The number of nitrogens with two attached hydrogens (primary N) is 1. The molecule has 0 aliphatic rings. The van der Waals surface area contributed by atoms with Crippen molar-refractivity contribution < 1.29 is 5.11 Å². The average Bonchev–Trinajstić information content (AvgIpc) is 2.69. The summed E-state index contributed by atoms with van der Waals surface area (Å²) < 4.78 is 0. The molecule has 0 aliphatic carbocycles. The number of phenols is 1. The molecule has 0 aliphatic heterocycles. The van der Waals surface area contributed by atoms with Crippen molar-refractivity contribution in [1.29, 1.82) is 0 Å². The van der Waals surface area contributed by atoms with Gasteiger partial charge in [0.25, 0.3) is 0 Å². The van der Waals surface area contributed by atoms with E-state index in [4.69, 9.17) is 5.73 Å². The quantitative estimate of drug-likeness (QED) is 0.455. The highest BCUT2D eigenvalue weighted by Crippen LogP contribution is 2.25. The fraction of sp³-hybridized carbons (Fsp3) is 0.208. The molecule has 0 unspecified atom stereocenters. The highest BCUT2D eigenvalue weighted by Gasteiger charge is 2.05. The maximum atomic E-state index is 9.89. The summed E-state index contributed by atoms with van der Waals surface area (Å²) in [6.07, 6.45) is 4.45. The molecule has 3 aromatic carbocycles. The number of anilines is 1. The zero-order chi connectivity index (χ0) is 19.2. The Morgan fingerprint density at radius 2 is 1.56 bits per heavy atom. The number of nitrogens with zero attached hydrogens (tertiary/aromatic N) is 1. The van der Waals surface area contributed by atoms with Gasteiger partial charge < -0.3 is 10.8 Å². The Balaban J connectivity index is 1.83. The lowest BCUT2D eigenvalue weighted by molar-refractivity contribution is 0.474. The van der Waals surface area contributed by atoms with Gasteiger partial charge in [0.2, 0.25) is 0 Å². The van der Waals surface area contributed by atoms with Gasteiger partial charge in [-0.15, -0.1) is 0 Å². The van der Waals surface area contributed by atoms with E-state index in [2.05, 4.69) is 49.2 Å². The lowest BCUT2D eigenvalue weighted by Gasteiger charge is -2.10. The zero-order valence-electron chi connectivity index (χ0n) is 15.9. The molecule has 0 fully saturated rings. The predicted molar refractivity (Wildman–Crippen MR) is 114 cm³/mol. The van der Waals surface area contributed by atoms with Crippen LogP contribution in [-0.4, -0.2) is 11.3 Å². The number of rotatable bonds is 6. The highest BCUT2D eigenvalue weighted by atomic mass is 16.3. The van der Waals surface area contributed by atoms with Gasteiger partial charge in [0.15, 0.2) is 0 Å². The first-order valence-corrected chi connectivity index (χ1v) is 9.41. The third-order valence-electron chi connectivity index (χ3n) is 4.80. The number of para-hydroxylation sites is 1. The van der Waals surface area contributed by atoms with Crippen molar-refractivity contribution in [3.8, 4) is 5.75 Å². The van der Waals surface area contributed by atoms with Gasteiger partial charge in [-0.25, -0.2) is 0 Å². The number of aliphatic imine (C=N–C) groups is 1. The Morgan fingerprint density at radius 3 is 2.26 bits per heavy atom. The summed E-state index contributed by atoms with van der Waals surface area (Å²) in [7, 11) is 0. The summed E-state index contributed by atoms with van der Waals surface area (Å²) in [6, 6.07) is 19.9. The van der Waals surface area contributed by atoms with Gasteiger partial charge >= 0.3 is 0 Å². The van der Waals surface area contributed by atoms with Crippen LogP contribution < -0.4 is 5.73 Å². The standard InChI is InChI=1S/C24H26N2O/c1-3-19-14-17(9-11-22(19)25)13-18-10-12-23(20(4-2)15-18)26-16-21-7-5-6-8-24(21)27/h5-12,14-16,27H,3-4,13,25H2,1-2H3. The number of aryl methyl sites for hydroxylation is 2. The molecule has 0 aromatic heterocycles. The summed E-state index contributed by atoms with van der Waals surface area (Å²) >= 11 is 0. The fourth-order valence-electron chi connectivity index (χ4n) is 3.20. The van der Waals surface area contributed by atoms with E-state index in [-0.39, 0.29) is 5.75 Å². The molecule has 3 aromatic rings. The molecular formula is C24H26N2O. The van der Waals surface area contributed by atoms with E-state index >= 15 is 0 Å². The molecule has 0 radical (unpaired) electrons. The number of aromatic hydroxyl groups is 1. The second-order valence-corrected chi connectivity index (χ2v) is 6.70. The third kappa shape index (κ3) is 4.56. The molecule has 3 nitrogen and oxygen atoms in total. The maximum absolute atomic E-state index is 9.89. The minimum atomic E-state index is 0.242. The van der Waals surface area contributed by atoms with Crippen LogP contribution >= 0.6 is 0 Å². The van der Waals surface area contributed by atoms with E-state index in [1.165, 1.54) is 22.3 Å². The summed E-state index contributed by atoms with van der Waals surface area (Å²) in [5, 5.41) is 9.89. The van der Waals surface area contributed by atoms with Gasteiger partial charge in [0.1, 0.15) is 5.75 Å². The first-order chi connectivity index (χ1) is 13.1. The largest absolute Gasteiger partial charge is 0.507 e. The smallest absolute Gasteiger partial charge is 0.124 e. The first-order valence-electron chi connectivity index (χ1n) is 9.41. The molecule has 0 bridgehead atoms. The molecule has 138 valence electrons. The van der Waals surface area contributed by atoms with E-state index in [1.807, 2.05) is 18.2 Å². The highest BCUT2D eigenvalue weighted by molar-refractivity contribution is 5.85. The van der Waals surface area contributed by atoms with Gasteiger partial charge in [-0.05, 0) is 65.8 Å². The molecule has 0 atom stereocenters. The lowest BCUT2D eigenvalue weighted by Crippen LogP contribution is -1.96. The minimum Gasteiger partial charge on any atom is -0.507 e. The molecule has 27 heavy (non-hydrogen) atoms. The number of hydrogen-bond acceptors (Lipinski definition) is 3. The SMILES string of the molecule is CCc1cc(Cc2ccc(N=Cc3ccccc3O)c(CC)c2)ccc1N. The van der Waals surface area contributed by atoms with Crippen molar-refractivity contribution in [2.24, 2.45) is 4.99 Å². The summed E-state index contributed by atoms with van der Waals surface area (Å²) in [5.41, 5.74) is 13.5. The molecule has 0 saturated carbocycles. The van der Waals surface area contributed by atoms with Crippen LogP contribution in [-0.2, 0) is 19.3 Å². The number of benzene rings is 3. The summed E-state index contributed by atoms with van der Waals surface area (Å²) in [5.74, 6) is 0.242. The molecule has 3 N–H and O–H groups in total. The Morgan fingerprint density at radius 1 is 0.889 bits per heavy atom. The van der Waals surface area contributed by atoms with Crippen molar-refractivity contribution in [3.05, 3.63) is 88.5 Å². The Kier molecular flexibility index (Phi) is 5.92. The van der Waals surface area contributed by atoms with Crippen LogP contribution in [0.25, 0.3) is 0 Å². The molecule has 0 amide bonds. The van der Waals surface area contributed by atoms with Crippen LogP contribution in [0, 0.1) is 0 Å². The van der Waals surface area contributed by atoms with E-state index in [0.29, 0.717) is 0 Å².